The van der Waals surface area contributed by atoms with Gasteiger partial charge in [0.25, 0.3) is 11.4 Å². The molecule has 0 amide bonds. The normalized spacial score (nSPS) is 9.95. The number of aliphatic carboxylic acids is 1. The zero-order chi connectivity index (χ0) is 14.6. The molecule has 9 heteroatoms. The fourth-order valence-corrected chi connectivity index (χ4v) is 1.48. The Kier molecular flexibility index (Phi) is 4.35. The molecule has 0 saturated heterocycles. The molecule has 0 aliphatic carbocycles. The Morgan fingerprint density at radius 2 is 1.95 bits per heavy atom. The van der Waals surface area contributed by atoms with Crippen molar-refractivity contribution in [3.05, 3.63) is 38.4 Å². The van der Waals surface area contributed by atoms with Crippen molar-refractivity contribution in [2.45, 2.75) is 6.42 Å². The van der Waals surface area contributed by atoms with E-state index in [1.54, 1.807) is 0 Å². The molecule has 0 aromatic heterocycles. The topological polar surface area (TPSA) is 127 Å². The maximum absolute atomic E-state index is 10.9. The number of nitro groups is 2. The van der Waals surface area contributed by atoms with Gasteiger partial charge in [0, 0.05) is 19.7 Å². The number of hydrogen-bond acceptors (Lipinski definition) is 6. The van der Waals surface area contributed by atoms with E-state index < -0.39 is 21.5 Å². The Morgan fingerprint density at radius 3 is 2.42 bits per heavy atom. The Labute approximate surface area is 107 Å². The van der Waals surface area contributed by atoms with E-state index in [0.717, 1.165) is 12.1 Å². The highest BCUT2D eigenvalue weighted by molar-refractivity contribution is 5.70. The summed E-state index contributed by atoms with van der Waals surface area (Å²) in [5.74, 6) is -1.03. The zero-order valence-corrected chi connectivity index (χ0v) is 9.98. The van der Waals surface area contributed by atoms with Crippen LogP contribution in [0.15, 0.2) is 18.2 Å². The van der Waals surface area contributed by atoms with Crippen molar-refractivity contribution in [2.24, 2.45) is 0 Å². The predicted molar refractivity (Wildman–Crippen MR) is 65.3 cm³/mol. The van der Waals surface area contributed by atoms with Crippen molar-refractivity contribution < 1.29 is 19.7 Å². The third-order valence-corrected chi connectivity index (χ3v) is 2.44. The van der Waals surface area contributed by atoms with Gasteiger partial charge in [-0.25, -0.2) is 0 Å². The quantitative estimate of drug-likeness (QED) is 0.610. The van der Waals surface area contributed by atoms with Gasteiger partial charge < -0.3 is 10.0 Å². The summed E-state index contributed by atoms with van der Waals surface area (Å²) in [6.07, 6.45) is -0.190. The summed E-state index contributed by atoms with van der Waals surface area (Å²) in [7, 11) is 1.48. The van der Waals surface area contributed by atoms with E-state index in [2.05, 4.69) is 0 Å². The van der Waals surface area contributed by atoms with Gasteiger partial charge in [-0.3, -0.25) is 25.0 Å². The van der Waals surface area contributed by atoms with Crippen molar-refractivity contribution in [3.63, 3.8) is 0 Å². The summed E-state index contributed by atoms with van der Waals surface area (Å²) in [5, 5.41) is 30.0. The van der Waals surface area contributed by atoms with Gasteiger partial charge in [-0.1, -0.05) is 0 Å². The maximum atomic E-state index is 10.9. The Bertz CT molecular complexity index is 530. The minimum atomic E-state index is -1.03. The summed E-state index contributed by atoms with van der Waals surface area (Å²) >= 11 is 0. The van der Waals surface area contributed by atoms with Crippen LogP contribution in [-0.2, 0) is 4.79 Å². The van der Waals surface area contributed by atoms with Crippen molar-refractivity contribution in [1.82, 2.24) is 0 Å². The van der Waals surface area contributed by atoms with E-state index in [0.29, 0.717) is 0 Å². The number of hydrogen-bond donors (Lipinski definition) is 1. The van der Waals surface area contributed by atoms with E-state index in [-0.39, 0.29) is 24.3 Å². The smallest absolute Gasteiger partial charge is 0.305 e. The number of benzene rings is 1. The third-order valence-electron chi connectivity index (χ3n) is 2.44. The molecular weight excluding hydrogens is 258 g/mol. The fraction of sp³-hybridized carbons (Fsp3) is 0.300. The molecule has 0 saturated carbocycles. The average Bonchev–Trinajstić information content (AvgIpc) is 2.34. The van der Waals surface area contributed by atoms with Gasteiger partial charge in [0.2, 0.25) is 0 Å². The van der Waals surface area contributed by atoms with E-state index in [9.17, 15) is 25.0 Å². The van der Waals surface area contributed by atoms with Crippen molar-refractivity contribution >= 4 is 23.0 Å². The highest BCUT2D eigenvalue weighted by Gasteiger charge is 2.21. The van der Waals surface area contributed by atoms with Crippen LogP contribution in [0.25, 0.3) is 0 Å². The van der Waals surface area contributed by atoms with Gasteiger partial charge in [0.05, 0.1) is 22.3 Å². The molecular formula is C10H11N3O6. The van der Waals surface area contributed by atoms with E-state index in [1.807, 2.05) is 0 Å². The molecule has 1 rings (SSSR count). The summed E-state index contributed by atoms with van der Waals surface area (Å²) < 4.78 is 0. The first-order valence-electron chi connectivity index (χ1n) is 5.18. The van der Waals surface area contributed by atoms with Gasteiger partial charge in [0.1, 0.15) is 5.69 Å². The first-order valence-corrected chi connectivity index (χ1v) is 5.18. The van der Waals surface area contributed by atoms with Gasteiger partial charge >= 0.3 is 5.97 Å². The molecule has 1 aromatic carbocycles. The molecule has 0 radical (unpaired) electrons. The highest BCUT2D eigenvalue weighted by Crippen LogP contribution is 2.31. The van der Waals surface area contributed by atoms with Crippen LogP contribution in [0, 0.1) is 20.2 Å². The molecule has 0 spiro atoms. The summed E-state index contributed by atoms with van der Waals surface area (Å²) in [6, 6.07) is 3.23. The fourth-order valence-electron chi connectivity index (χ4n) is 1.48. The molecule has 0 heterocycles. The van der Waals surface area contributed by atoms with Crippen LogP contribution in [0.5, 0.6) is 0 Å². The average molecular weight is 269 g/mol. The first-order chi connectivity index (χ1) is 8.82. The highest BCUT2D eigenvalue weighted by atomic mass is 16.6. The van der Waals surface area contributed by atoms with Crippen LogP contribution >= 0.6 is 0 Å². The minimum Gasteiger partial charge on any atom is -0.481 e. The molecule has 0 aliphatic rings. The summed E-state index contributed by atoms with van der Waals surface area (Å²) in [4.78, 5) is 31.8. The van der Waals surface area contributed by atoms with E-state index >= 15 is 0 Å². The Morgan fingerprint density at radius 1 is 1.32 bits per heavy atom. The zero-order valence-electron chi connectivity index (χ0n) is 9.98. The maximum Gasteiger partial charge on any atom is 0.305 e. The lowest BCUT2D eigenvalue weighted by Crippen LogP contribution is -2.21. The van der Waals surface area contributed by atoms with Crippen LogP contribution in [0.4, 0.5) is 17.1 Å². The van der Waals surface area contributed by atoms with Gasteiger partial charge in [0.15, 0.2) is 0 Å². The predicted octanol–water partition coefficient (Wildman–Crippen LogP) is 1.41. The SMILES string of the molecule is CN(CCC(=O)O)c1ccc([N+](=O)[O-])cc1[N+](=O)[O-]. The molecule has 0 fully saturated rings. The molecule has 0 bridgehead atoms. The second-order valence-corrected chi connectivity index (χ2v) is 3.75. The van der Waals surface area contributed by atoms with Gasteiger partial charge in [-0.15, -0.1) is 0 Å². The minimum absolute atomic E-state index is 0.0635. The van der Waals surface area contributed by atoms with Gasteiger partial charge in [-0.05, 0) is 6.07 Å². The van der Waals surface area contributed by atoms with Crippen molar-refractivity contribution in [3.8, 4) is 0 Å². The second-order valence-electron chi connectivity index (χ2n) is 3.75. The summed E-state index contributed by atoms with van der Waals surface area (Å²) in [5.41, 5.74) is -0.680. The molecule has 0 atom stereocenters. The number of rotatable bonds is 6. The second kappa shape index (κ2) is 5.76. The van der Waals surface area contributed by atoms with Crippen LogP contribution < -0.4 is 4.90 Å². The molecule has 1 N–H and O–H groups in total. The molecule has 102 valence electrons. The standard InChI is InChI=1S/C10H11N3O6/c1-11(5-4-10(14)15)8-3-2-7(12(16)17)6-9(8)13(18)19/h2-3,6H,4-5H2,1H3,(H,14,15). The van der Waals surface area contributed by atoms with Gasteiger partial charge in [-0.2, -0.15) is 0 Å². The molecule has 0 unspecified atom stereocenters. The molecule has 9 nitrogen and oxygen atoms in total. The van der Waals surface area contributed by atoms with Crippen LogP contribution in [0.1, 0.15) is 6.42 Å². The first kappa shape index (κ1) is 14.4. The lowest BCUT2D eigenvalue weighted by Gasteiger charge is -2.17. The van der Waals surface area contributed by atoms with Crippen LogP contribution in [0.3, 0.4) is 0 Å². The number of carboxylic acids is 1. The Balaban J connectivity index is 3.09. The monoisotopic (exact) mass is 269 g/mol. The van der Waals surface area contributed by atoms with E-state index in [4.69, 9.17) is 5.11 Å². The Hall–Kier alpha value is -2.71. The van der Waals surface area contributed by atoms with Crippen LogP contribution in [0.2, 0.25) is 0 Å². The summed E-state index contributed by atoms with van der Waals surface area (Å²) in [6.45, 7) is 0.0635. The molecule has 1 aromatic rings. The van der Waals surface area contributed by atoms with E-state index in [1.165, 1.54) is 18.0 Å². The lowest BCUT2D eigenvalue weighted by atomic mass is 10.2. The number of nitro benzene ring substituents is 2. The largest absolute Gasteiger partial charge is 0.481 e. The number of carboxylic acid groups (broad SMARTS) is 1. The van der Waals surface area contributed by atoms with Crippen LogP contribution in [-0.4, -0.2) is 34.5 Å². The lowest BCUT2D eigenvalue weighted by molar-refractivity contribution is -0.393. The number of non-ortho nitro benzene ring substituents is 1. The van der Waals surface area contributed by atoms with Crippen molar-refractivity contribution in [2.75, 3.05) is 18.5 Å². The number of carbonyl (C=O) groups is 1. The number of nitrogens with zero attached hydrogens (tertiary/aromatic N) is 3. The molecule has 0 aliphatic heterocycles. The van der Waals surface area contributed by atoms with Crippen molar-refractivity contribution in [1.29, 1.82) is 0 Å². The number of anilines is 1. The third kappa shape index (κ3) is 3.63. The molecule has 19 heavy (non-hydrogen) atoms.